The molecule has 0 aliphatic carbocycles. The van der Waals surface area contributed by atoms with Crippen LogP contribution < -0.4 is 5.73 Å². The van der Waals surface area contributed by atoms with Gasteiger partial charge >= 0.3 is 0 Å². The Balaban J connectivity index is 1.45. The van der Waals surface area contributed by atoms with Crippen molar-refractivity contribution in [3.63, 3.8) is 0 Å². The van der Waals surface area contributed by atoms with Gasteiger partial charge in [0, 0.05) is 6.42 Å². The highest BCUT2D eigenvalue weighted by Crippen LogP contribution is 2.33. The van der Waals surface area contributed by atoms with Gasteiger partial charge in [-0.15, -0.1) is 0 Å². The second kappa shape index (κ2) is 9.16. The molecule has 0 unspecified atom stereocenters. The second-order valence-corrected chi connectivity index (χ2v) is 8.86. The predicted octanol–water partition coefficient (Wildman–Crippen LogP) is 3.86. The van der Waals surface area contributed by atoms with E-state index in [1.165, 1.54) is 5.39 Å². The summed E-state index contributed by atoms with van der Waals surface area (Å²) in [7, 11) is 0. The van der Waals surface area contributed by atoms with Gasteiger partial charge in [-0.3, -0.25) is 14.5 Å². The number of hydrogen-bond acceptors (Lipinski definition) is 4. The maximum absolute atomic E-state index is 13.5. The third-order valence-electron chi connectivity index (χ3n) is 6.71. The molecule has 6 nitrogen and oxygen atoms in total. The minimum Gasteiger partial charge on any atom is -0.368 e. The SMILES string of the molecule is NC(=O)[C@H]1CCCCN1CC(=O)N1N=C(c2ccc3ccccc3c2)C[C@H]1c1ccccc1. The second-order valence-electron chi connectivity index (χ2n) is 8.86. The Bertz CT molecular complexity index is 1210. The van der Waals surface area contributed by atoms with Crippen LogP contribution in [0.2, 0.25) is 0 Å². The molecule has 6 heteroatoms. The highest BCUT2D eigenvalue weighted by Gasteiger charge is 2.36. The molecule has 1 saturated heterocycles. The van der Waals surface area contributed by atoms with E-state index in [1.807, 2.05) is 47.4 Å². The summed E-state index contributed by atoms with van der Waals surface area (Å²) >= 11 is 0. The lowest BCUT2D eigenvalue weighted by molar-refractivity contribution is -0.136. The number of primary amides is 1. The molecule has 0 radical (unpaired) electrons. The molecule has 2 atom stereocenters. The number of nitrogens with two attached hydrogens (primary N) is 1. The van der Waals surface area contributed by atoms with E-state index in [-0.39, 0.29) is 30.4 Å². The van der Waals surface area contributed by atoms with Gasteiger partial charge < -0.3 is 5.73 Å². The van der Waals surface area contributed by atoms with Crippen LogP contribution in [0.3, 0.4) is 0 Å². The molecule has 0 bridgehead atoms. The Morgan fingerprint density at radius 1 is 0.939 bits per heavy atom. The molecule has 0 aromatic heterocycles. The number of hydrazone groups is 1. The van der Waals surface area contributed by atoms with Crippen molar-refractivity contribution in [3.05, 3.63) is 83.9 Å². The molecule has 168 valence electrons. The van der Waals surface area contributed by atoms with Crippen molar-refractivity contribution < 1.29 is 9.59 Å². The lowest BCUT2D eigenvalue weighted by Crippen LogP contribution is -2.51. The van der Waals surface area contributed by atoms with E-state index in [0.29, 0.717) is 19.4 Å². The van der Waals surface area contributed by atoms with E-state index < -0.39 is 0 Å². The monoisotopic (exact) mass is 440 g/mol. The predicted molar refractivity (Wildman–Crippen MR) is 130 cm³/mol. The molecule has 0 spiro atoms. The first-order chi connectivity index (χ1) is 16.1. The van der Waals surface area contributed by atoms with Crippen LogP contribution in [-0.2, 0) is 9.59 Å². The van der Waals surface area contributed by atoms with Crippen LogP contribution in [0.5, 0.6) is 0 Å². The topological polar surface area (TPSA) is 79.0 Å². The minimum atomic E-state index is -0.385. The van der Waals surface area contributed by atoms with E-state index in [9.17, 15) is 9.59 Å². The molecule has 2 aliphatic rings. The first-order valence-corrected chi connectivity index (χ1v) is 11.6. The maximum atomic E-state index is 13.5. The Morgan fingerprint density at radius 2 is 1.70 bits per heavy atom. The average Bonchev–Trinajstić information content (AvgIpc) is 3.30. The van der Waals surface area contributed by atoms with Gasteiger partial charge in [0.25, 0.3) is 5.91 Å². The van der Waals surface area contributed by atoms with Gasteiger partial charge in [-0.05, 0) is 47.4 Å². The summed E-state index contributed by atoms with van der Waals surface area (Å²) in [6.45, 7) is 0.843. The molecule has 2 amide bonds. The molecule has 2 heterocycles. The average molecular weight is 441 g/mol. The Morgan fingerprint density at radius 3 is 2.48 bits per heavy atom. The molecule has 2 aliphatic heterocycles. The van der Waals surface area contributed by atoms with Crippen LogP contribution >= 0.6 is 0 Å². The zero-order valence-corrected chi connectivity index (χ0v) is 18.6. The largest absolute Gasteiger partial charge is 0.368 e. The Hall–Kier alpha value is -3.51. The number of amides is 2. The van der Waals surface area contributed by atoms with E-state index in [4.69, 9.17) is 10.8 Å². The fraction of sp³-hybridized carbons (Fsp3) is 0.296. The molecule has 3 aromatic carbocycles. The number of hydrogen-bond donors (Lipinski definition) is 1. The summed E-state index contributed by atoms with van der Waals surface area (Å²) in [5, 5.41) is 8.76. The number of piperidine rings is 1. The third kappa shape index (κ3) is 4.39. The first-order valence-electron chi connectivity index (χ1n) is 11.6. The fourth-order valence-electron chi connectivity index (χ4n) is 4.97. The number of benzene rings is 3. The number of likely N-dealkylation sites (tertiary alicyclic amines) is 1. The van der Waals surface area contributed by atoms with Crippen LogP contribution in [0.4, 0.5) is 0 Å². The molecule has 2 N–H and O–H groups in total. The van der Waals surface area contributed by atoms with Gasteiger partial charge in [0.2, 0.25) is 5.91 Å². The summed E-state index contributed by atoms with van der Waals surface area (Å²) in [5.41, 5.74) is 8.59. The number of carbonyl (C=O) groups is 2. The lowest BCUT2D eigenvalue weighted by Gasteiger charge is -2.34. The smallest absolute Gasteiger partial charge is 0.257 e. The number of carbonyl (C=O) groups excluding carboxylic acids is 2. The highest BCUT2D eigenvalue weighted by molar-refractivity contribution is 6.05. The molecule has 0 saturated carbocycles. The van der Waals surface area contributed by atoms with Crippen molar-refractivity contribution in [2.24, 2.45) is 10.8 Å². The van der Waals surface area contributed by atoms with Crippen molar-refractivity contribution in [1.82, 2.24) is 9.91 Å². The summed E-state index contributed by atoms with van der Waals surface area (Å²) in [6.07, 6.45) is 3.27. The van der Waals surface area contributed by atoms with Crippen molar-refractivity contribution in [2.45, 2.75) is 37.8 Å². The molecule has 3 aromatic rings. The highest BCUT2D eigenvalue weighted by atomic mass is 16.2. The van der Waals surface area contributed by atoms with Gasteiger partial charge in [0.15, 0.2) is 0 Å². The summed E-state index contributed by atoms with van der Waals surface area (Å²) < 4.78 is 0. The zero-order chi connectivity index (χ0) is 22.8. The minimum absolute atomic E-state index is 0.104. The van der Waals surface area contributed by atoms with Crippen LogP contribution in [0, 0.1) is 0 Å². The molecule has 1 fully saturated rings. The van der Waals surface area contributed by atoms with Crippen molar-refractivity contribution in [1.29, 1.82) is 0 Å². The number of rotatable bonds is 5. The van der Waals surface area contributed by atoms with E-state index in [2.05, 4.69) is 30.3 Å². The third-order valence-corrected chi connectivity index (χ3v) is 6.71. The van der Waals surface area contributed by atoms with Crippen molar-refractivity contribution in [2.75, 3.05) is 13.1 Å². The van der Waals surface area contributed by atoms with Crippen LogP contribution in [0.15, 0.2) is 77.9 Å². The number of nitrogens with zero attached hydrogens (tertiary/aromatic N) is 3. The normalized spacial score (nSPS) is 21.2. The summed E-state index contributed by atoms with van der Waals surface area (Å²) in [4.78, 5) is 27.3. The quantitative estimate of drug-likeness (QED) is 0.654. The number of fused-ring (bicyclic) bond motifs is 1. The van der Waals surface area contributed by atoms with Gasteiger partial charge in [-0.2, -0.15) is 5.10 Å². The molecular formula is C27H28N4O2. The standard InChI is InChI=1S/C27H28N4O2/c28-27(33)24-12-6-7-15-30(24)18-26(32)31-25(20-9-2-1-3-10-20)17-23(29-31)22-14-13-19-8-4-5-11-21(19)16-22/h1-5,8-11,13-14,16,24-25H,6-7,12,15,17-18H2,(H2,28,33)/t24-,25+/m1/s1. The van der Waals surface area contributed by atoms with Gasteiger partial charge in [-0.1, -0.05) is 73.2 Å². The first kappa shape index (κ1) is 21.3. The Labute approximate surface area is 193 Å². The molecule has 33 heavy (non-hydrogen) atoms. The maximum Gasteiger partial charge on any atom is 0.257 e. The fourth-order valence-corrected chi connectivity index (χ4v) is 4.97. The van der Waals surface area contributed by atoms with Crippen LogP contribution in [0.25, 0.3) is 10.8 Å². The van der Waals surface area contributed by atoms with Crippen molar-refractivity contribution in [3.8, 4) is 0 Å². The van der Waals surface area contributed by atoms with Crippen molar-refractivity contribution >= 4 is 28.3 Å². The van der Waals surface area contributed by atoms with E-state index in [1.54, 1.807) is 5.01 Å². The van der Waals surface area contributed by atoms with E-state index in [0.717, 1.165) is 35.1 Å². The molecule has 5 rings (SSSR count). The Kier molecular flexibility index (Phi) is 5.92. The van der Waals surface area contributed by atoms with Gasteiger partial charge in [0.1, 0.15) is 0 Å². The zero-order valence-electron chi connectivity index (χ0n) is 18.6. The van der Waals surface area contributed by atoms with Gasteiger partial charge in [0.05, 0.1) is 24.3 Å². The molecular weight excluding hydrogens is 412 g/mol. The van der Waals surface area contributed by atoms with Crippen LogP contribution in [-0.4, -0.2) is 46.6 Å². The summed E-state index contributed by atoms with van der Waals surface area (Å²) in [5.74, 6) is -0.461. The van der Waals surface area contributed by atoms with E-state index >= 15 is 0 Å². The van der Waals surface area contributed by atoms with Crippen LogP contribution in [0.1, 0.15) is 42.9 Å². The van der Waals surface area contributed by atoms with Gasteiger partial charge in [-0.25, -0.2) is 5.01 Å². The lowest BCUT2D eigenvalue weighted by atomic mass is 9.97. The summed E-state index contributed by atoms with van der Waals surface area (Å²) in [6, 6.07) is 24.0.